The largest absolute Gasteiger partial charge is 0.396 e. The molecule has 5 nitrogen and oxygen atoms in total. The van der Waals surface area contributed by atoms with E-state index in [9.17, 15) is 12.8 Å². The predicted molar refractivity (Wildman–Crippen MR) is 79.1 cm³/mol. The molecule has 0 spiro atoms. The van der Waals surface area contributed by atoms with Gasteiger partial charge in [0, 0.05) is 19.2 Å². The van der Waals surface area contributed by atoms with Crippen molar-refractivity contribution in [2.75, 3.05) is 18.9 Å². The van der Waals surface area contributed by atoms with Crippen molar-refractivity contribution in [2.45, 2.75) is 36.6 Å². The second-order valence-electron chi connectivity index (χ2n) is 5.08. The summed E-state index contributed by atoms with van der Waals surface area (Å²) < 4.78 is 40.2. The van der Waals surface area contributed by atoms with Crippen LogP contribution in [0.5, 0.6) is 0 Å². The number of anilines is 1. The molecule has 1 aliphatic heterocycles. The minimum absolute atomic E-state index is 0.0873. The van der Waals surface area contributed by atoms with Crippen molar-refractivity contribution in [1.82, 2.24) is 4.31 Å². The average Bonchev–Trinajstić information content (AvgIpc) is 2.43. The van der Waals surface area contributed by atoms with Gasteiger partial charge in [-0.2, -0.15) is 4.31 Å². The van der Waals surface area contributed by atoms with Crippen LogP contribution in [0.15, 0.2) is 17.0 Å². The summed E-state index contributed by atoms with van der Waals surface area (Å²) in [6.45, 7) is 0.274. The quantitative estimate of drug-likeness (QED) is 0.824. The maximum Gasteiger partial charge on any atom is 0.244 e. The highest BCUT2D eigenvalue weighted by Gasteiger charge is 2.34. The van der Waals surface area contributed by atoms with Crippen LogP contribution in [0.4, 0.5) is 10.1 Å². The molecular weight excluding hydrogens is 319 g/mol. The van der Waals surface area contributed by atoms with Crippen LogP contribution in [0.2, 0.25) is 5.02 Å². The number of hydrogen-bond donors (Lipinski definition) is 2. The van der Waals surface area contributed by atoms with E-state index in [-0.39, 0.29) is 28.3 Å². The highest BCUT2D eigenvalue weighted by Crippen LogP contribution is 2.32. The number of sulfonamides is 1. The summed E-state index contributed by atoms with van der Waals surface area (Å²) in [5.74, 6) is -0.746. The SMILES string of the molecule is Nc1cc(S(=O)(=O)N2CCCCC2CCO)c(Cl)cc1F. The van der Waals surface area contributed by atoms with E-state index in [1.165, 1.54) is 4.31 Å². The van der Waals surface area contributed by atoms with Crippen LogP contribution in [0, 0.1) is 5.82 Å². The Kier molecular flexibility index (Phi) is 5.08. The van der Waals surface area contributed by atoms with Crippen LogP contribution in [0.3, 0.4) is 0 Å². The number of halogens is 2. The Morgan fingerprint density at radius 2 is 2.14 bits per heavy atom. The van der Waals surface area contributed by atoms with E-state index in [2.05, 4.69) is 0 Å². The number of piperidine rings is 1. The molecule has 1 heterocycles. The highest BCUT2D eigenvalue weighted by atomic mass is 35.5. The van der Waals surface area contributed by atoms with Gasteiger partial charge in [0.2, 0.25) is 10.0 Å². The van der Waals surface area contributed by atoms with E-state index in [1.807, 2.05) is 0 Å². The fraction of sp³-hybridized carbons (Fsp3) is 0.538. The summed E-state index contributed by atoms with van der Waals surface area (Å²) in [7, 11) is -3.86. The number of nitrogens with zero attached hydrogens (tertiary/aromatic N) is 1. The van der Waals surface area contributed by atoms with Crippen LogP contribution >= 0.6 is 11.6 Å². The Labute approximate surface area is 128 Å². The number of aliphatic hydroxyl groups is 1. The fourth-order valence-electron chi connectivity index (χ4n) is 2.60. The molecule has 0 aromatic heterocycles. The average molecular weight is 337 g/mol. The Bertz CT molecular complexity index is 622. The molecule has 0 saturated carbocycles. The summed E-state index contributed by atoms with van der Waals surface area (Å²) in [4.78, 5) is -0.187. The number of nitrogens with two attached hydrogens (primary N) is 1. The van der Waals surface area contributed by atoms with E-state index < -0.39 is 15.8 Å². The van der Waals surface area contributed by atoms with Gasteiger partial charge in [-0.15, -0.1) is 0 Å². The summed E-state index contributed by atoms with van der Waals surface area (Å²) in [5.41, 5.74) is 5.20. The number of rotatable bonds is 4. The monoisotopic (exact) mass is 336 g/mol. The molecule has 0 aliphatic carbocycles. The van der Waals surface area contributed by atoms with Crippen molar-refractivity contribution in [3.63, 3.8) is 0 Å². The topological polar surface area (TPSA) is 83.6 Å². The lowest BCUT2D eigenvalue weighted by molar-refractivity contribution is 0.192. The molecule has 1 fully saturated rings. The van der Waals surface area contributed by atoms with Gasteiger partial charge < -0.3 is 10.8 Å². The van der Waals surface area contributed by atoms with Crippen LogP contribution in [0.25, 0.3) is 0 Å². The van der Waals surface area contributed by atoms with E-state index in [1.54, 1.807) is 0 Å². The van der Waals surface area contributed by atoms with Gasteiger partial charge in [-0.25, -0.2) is 12.8 Å². The van der Waals surface area contributed by atoms with Gasteiger partial charge >= 0.3 is 0 Å². The smallest absolute Gasteiger partial charge is 0.244 e. The maximum absolute atomic E-state index is 13.3. The lowest BCUT2D eigenvalue weighted by atomic mass is 10.0. The van der Waals surface area contributed by atoms with Gasteiger partial charge in [-0.1, -0.05) is 18.0 Å². The second-order valence-corrected chi connectivity index (χ2v) is 7.35. The van der Waals surface area contributed by atoms with Crippen LogP contribution in [-0.2, 0) is 10.0 Å². The molecule has 0 amide bonds. The van der Waals surface area contributed by atoms with Crippen LogP contribution < -0.4 is 5.73 Å². The van der Waals surface area contributed by atoms with Crippen LogP contribution in [0.1, 0.15) is 25.7 Å². The maximum atomic E-state index is 13.3. The van der Waals surface area contributed by atoms with Gasteiger partial charge in [-0.3, -0.25) is 0 Å². The van der Waals surface area contributed by atoms with Crippen molar-refractivity contribution < 1.29 is 17.9 Å². The van der Waals surface area contributed by atoms with E-state index in [4.69, 9.17) is 22.4 Å². The first kappa shape index (κ1) is 16.5. The van der Waals surface area contributed by atoms with Gasteiger partial charge in [0.05, 0.1) is 10.7 Å². The molecule has 1 atom stereocenters. The normalized spacial score (nSPS) is 20.6. The third-order valence-corrected chi connectivity index (χ3v) is 6.09. The zero-order valence-electron chi connectivity index (χ0n) is 11.4. The Morgan fingerprint density at radius 3 is 2.81 bits per heavy atom. The standard InChI is InChI=1S/C13H18ClFN2O3S/c14-10-7-11(15)12(16)8-13(10)21(19,20)17-5-2-1-3-9(17)4-6-18/h7-9,18H,1-6,16H2. The number of benzene rings is 1. The zero-order chi connectivity index (χ0) is 15.6. The molecule has 1 saturated heterocycles. The summed E-state index contributed by atoms with van der Waals surface area (Å²) in [6, 6.07) is 1.70. The minimum Gasteiger partial charge on any atom is -0.396 e. The molecule has 0 radical (unpaired) electrons. The first-order chi connectivity index (χ1) is 9.87. The van der Waals surface area contributed by atoms with Crippen molar-refractivity contribution >= 4 is 27.3 Å². The lowest BCUT2D eigenvalue weighted by Crippen LogP contribution is -2.44. The van der Waals surface area contributed by atoms with Gasteiger partial charge in [0.25, 0.3) is 0 Å². The molecule has 21 heavy (non-hydrogen) atoms. The third kappa shape index (κ3) is 3.31. The predicted octanol–water partition coefficient (Wildman–Crippen LogP) is 1.99. The van der Waals surface area contributed by atoms with Crippen LogP contribution in [-0.4, -0.2) is 37.0 Å². The second kappa shape index (κ2) is 6.48. The Hall–Kier alpha value is -0.890. The summed E-state index contributed by atoms with van der Waals surface area (Å²) >= 11 is 5.88. The minimum atomic E-state index is -3.86. The first-order valence-corrected chi connectivity index (χ1v) is 8.57. The van der Waals surface area contributed by atoms with E-state index in [0.717, 1.165) is 25.0 Å². The molecule has 1 unspecified atom stereocenters. The van der Waals surface area contributed by atoms with Crippen molar-refractivity contribution in [2.24, 2.45) is 0 Å². The lowest BCUT2D eigenvalue weighted by Gasteiger charge is -2.34. The number of hydrogen-bond acceptors (Lipinski definition) is 4. The molecule has 1 aromatic rings. The number of nitrogen functional groups attached to an aromatic ring is 1. The first-order valence-electron chi connectivity index (χ1n) is 6.75. The summed E-state index contributed by atoms with van der Waals surface area (Å²) in [6.07, 6.45) is 2.72. The Morgan fingerprint density at radius 1 is 1.43 bits per heavy atom. The van der Waals surface area contributed by atoms with E-state index in [0.29, 0.717) is 19.4 Å². The molecule has 118 valence electrons. The van der Waals surface area contributed by atoms with Gasteiger partial charge in [-0.05, 0) is 31.4 Å². The third-order valence-electron chi connectivity index (χ3n) is 3.67. The fourth-order valence-corrected chi connectivity index (χ4v) is 4.85. The number of aliphatic hydroxyl groups excluding tert-OH is 1. The highest BCUT2D eigenvalue weighted by molar-refractivity contribution is 7.89. The molecule has 0 bridgehead atoms. The Balaban J connectivity index is 2.43. The van der Waals surface area contributed by atoms with Gasteiger partial charge in [0.15, 0.2) is 0 Å². The van der Waals surface area contributed by atoms with Crippen molar-refractivity contribution in [3.05, 3.63) is 23.0 Å². The molecule has 1 aromatic carbocycles. The van der Waals surface area contributed by atoms with Crippen molar-refractivity contribution in [1.29, 1.82) is 0 Å². The molecule has 8 heteroatoms. The molecular formula is C13H18ClFN2O3S. The molecule has 2 rings (SSSR count). The molecule has 1 aliphatic rings. The zero-order valence-corrected chi connectivity index (χ0v) is 13.0. The summed E-state index contributed by atoms with van der Waals surface area (Å²) in [5, 5.41) is 8.91. The van der Waals surface area contributed by atoms with E-state index >= 15 is 0 Å². The van der Waals surface area contributed by atoms with Gasteiger partial charge in [0.1, 0.15) is 10.7 Å². The molecule has 3 N–H and O–H groups in total. The van der Waals surface area contributed by atoms with Crippen molar-refractivity contribution in [3.8, 4) is 0 Å².